The first-order valence-corrected chi connectivity index (χ1v) is 6.71. The van der Waals surface area contributed by atoms with Gasteiger partial charge < -0.3 is 10.8 Å². The summed E-state index contributed by atoms with van der Waals surface area (Å²) < 4.78 is 14.7. The Kier molecular flexibility index (Phi) is 3.29. The van der Waals surface area contributed by atoms with Crippen LogP contribution in [0.5, 0.6) is 0 Å². The average molecular weight is 311 g/mol. The molecular formula is C13H12ClFN4O2. The number of nitrogens with two attached hydrogens (primary N) is 1. The number of halogens is 2. The highest BCUT2D eigenvalue weighted by molar-refractivity contribution is 6.30. The molecule has 21 heavy (non-hydrogen) atoms. The highest BCUT2D eigenvalue weighted by Crippen LogP contribution is 2.36. The molecule has 2 heterocycles. The molecule has 6 nitrogen and oxygen atoms in total. The van der Waals surface area contributed by atoms with E-state index in [2.05, 4.69) is 10.1 Å². The highest BCUT2D eigenvalue weighted by atomic mass is 35.5. The monoisotopic (exact) mass is 310 g/mol. The zero-order valence-corrected chi connectivity index (χ0v) is 11.6. The Hall–Kier alpha value is -2.15. The number of hydrogen-bond donors (Lipinski definition) is 2. The molecule has 1 aromatic carbocycles. The van der Waals surface area contributed by atoms with Crippen LogP contribution in [0.1, 0.15) is 29.6 Å². The van der Waals surface area contributed by atoms with Crippen molar-refractivity contribution in [2.45, 2.75) is 24.8 Å². The molecular weight excluding hydrogens is 299 g/mol. The van der Waals surface area contributed by atoms with Crippen molar-refractivity contribution >= 4 is 23.5 Å². The second-order valence-electron chi connectivity index (χ2n) is 5.01. The van der Waals surface area contributed by atoms with Crippen molar-refractivity contribution in [2.24, 2.45) is 0 Å². The Balaban J connectivity index is 1.99. The van der Waals surface area contributed by atoms with E-state index >= 15 is 0 Å². The summed E-state index contributed by atoms with van der Waals surface area (Å²) in [4.78, 5) is 15.4. The predicted octanol–water partition coefficient (Wildman–Crippen LogP) is 2.01. The van der Waals surface area contributed by atoms with Gasteiger partial charge in [0.05, 0.1) is 11.6 Å². The van der Waals surface area contributed by atoms with Crippen molar-refractivity contribution in [1.82, 2.24) is 14.8 Å². The van der Waals surface area contributed by atoms with E-state index in [1.807, 2.05) is 0 Å². The van der Waals surface area contributed by atoms with Crippen molar-refractivity contribution < 1.29 is 14.3 Å². The maximum Gasteiger partial charge on any atom is 0.314 e. The van der Waals surface area contributed by atoms with E-state index < -0.39 is 17.7 Å². The van der Waals surface area contributed by atoms with E-state index in [0.717, 1.165) is 5.56 Å². The standard InChI is InChI=1S/C13H12ClFN4O2/c14-9-4-6(1-2-10(9)15)7-3-8(12(20)21)11-17-13(16)18-19(11)5-7/h1-2,4,7-8H,3,5H2,(H2,16,18)(H,20,21). The minimum Gasteiger partial charge on any atom is -0.481 e. The molecule has 2 aromatic rings. The fourth-order valence-electron chi connectivity index (χ4n) is 2.66. The molecule has 0 amide bonds. The third kappa shape index (κ3) is 2.44. The zero-order chi connectivity index (χ0) is 15.1. The van der Waals surface area contributed by atoms with Crippen LogP contribution >= 0.6 is 11.6 Å². The van der Waals surface area contributed by atoms with E-state index in [4.69, 9.17) is 17.3 Å². The van der Waals surface area contributed by atoms with Crippen LogP contribution in [-0.4, -0.2) is 25.8 Å². The molecule has 0 fully saturated rings. The first-order valence-electron chi connectivity index (χ1n) is 6.33. The van der Waals surface area contributed by atoms with Crippen LogP contribution in [-0.2, 0) is 11.3 Å². The third-order valence-corrected chi connectivity index (χ3v) is 3.94. The molecule has 0 radical (unpaired) electrons. The van der Waals surface area contributed by atoms with Gasteiger partial charge in [0.15, 0.2) is 0 Å². The Labute approximate surface area is 124 Å². The largest absolute Gasteiger partial charge is 0.481 e. The quantitative estimate of drug-likeness (QED) is 0.885. The Bertz CT molecular complexity index is 718. The predicted molar refractivity (Wildman–Crippen MR) is 73.6 cm³/mol. The number of hydrogen-bond acceptors (Lipinski definition) is 4. The average Bonchev–Trinajstić information content (AvgIpc) is 2.80. The number of anilines is 1. The first-order chi connectivity index (χ1) is 9.95. The number of carbonyl (C=O) groups is 1. The van der Waals surface area contributed by atoms with Gasteiger partial charge in [0.1, 0.15) is 17.6 Å². The van der Waals surface area contributed by atoms with E-state index in [1.165, 1.54) is 16.8 Å². The normalized spacial score (nSPS) is 21.0. The topological polar surface area (TPSA) is 94.0 Å². The van der Waals surface area contributed by atoms with Gasteiger partial charge in [-0.05, 0) is 24.1 Å². The molecule has 0 spiro atoms. The molecule has 3 N–H and O–H groups in total. The highest BCUT2D eigenvalue weighted by Gasteiger charge is 2.35. The smallest absolute Gasteiger partial charge is 0.314 e. The van der Waals surface area contributed by atoms with Crippen LogP contribution in [0.3, 0.4) is 0 Å². The summed E-state index contributed by atoms with van der Waals surface area (Å²) in [7, 11) is 0. The second-order valence-corrected chi connectivity index (χ2v) is 5.41. The third-order valence-electron chi connectivity index (χ3n) is 3.66. The number of carboxylic acid groups (broad SMARTS) is 1. The van der Waals surface area contributed by atoms with Crippen molar-refractivity contribution in [3.63, 3.8) is 0 Å². The molecule has 8 heteroatoms. The minimum atomic E-state index is -0.985. The Morgan fingerprint density at radius 2 is 2.29 bits per heavy atom. The van der Waals surface area contributed by atoms with Gasteiger partial charge in [0.2, 0.25) is 5.95 Å². The number of benzene rings is 1. The molecule has 0 bridgehead atoms. The number of carboxylic acids is 1. The number of nitrogens with zero attached hydrogens (tertiary/aromatic N) is 3. The van der Waals surface area contributed by atoms with Crippen molar-refractivity contribution in [3.8, 4) is 0 Å². The first kappa shape index (κ1) is 13.8. The fourth-order valence-corrected chi connectivity index (χ4v) is 2.85. The lowest BCUT2D eigenvalue weighted by atomic mass is 9.85. The second kappa shape index (κ2) is 5.00. The van der Waals surface area contributed by atoms with Crippen LogP contribution in [0.15, 0.2) is 18.2 Å². The number of nitrogen functional groups attached to an aromatic ring is 1. The Morgan fingerprint density at radius 1 is 1.52 bits per heavy atom. The van der Waals surface area contributed by atoms with E-state index in [9.17, 15) is 14.3 Å². The van der Waals surface area contributed by atoms with Gasteiger partial charge >= 0.3 is 5.97 Å². The lowest BCUT2D eigenvalue weighted by Gasteiger charge is -2.27. The number of fused-ring (bicyclic) bond motifs is 1. The molecule has 2 unspecified atom stereocenters. The van der Waals surface area contributed by atoms with E-state index in [0.29, 0.717) is 18.8 Å². The van der Waals surface area contributed by atoms with Crippen molar-refractivity contribution in [3.05, 3.63) is 40.4 Å². The van der Waals surface area contributed by atoms with Gasteiger partial charge in [-0.25, -0.2) is 9.07 Å². The SMILES string of the molecule is Nc1nc2n(n1)CC(c1ccc(F)c(Cl)c1)CC2C(=O)O. The fraction of sp³-hybridized carbons (Fsp3) is 0.308. The van der Waals surface area contributed by atoms with Crippen LogP contribution < -0.4 is 5.73 Å². The molecule has 3 rings (SSSR count). The zero-order valence-electron chi connectivity index (χ0n) is 10.8. The lowest BCUT2D eigenvalue weighted by molar-refractivity contribution is -0.139. The molecule has 2 atom stereocenters. The lowest BCUT2D eigenvalue weighted by Crippen LogP contribution is -2.28. The van der Waals surface area contributed by atoms with Crippen LogP contribution in [0.2, 0.25) is 5.02 Å². The number of rotatable bonds is 2. The molecule has 1 aliphatic heterocycles. The number of aromatic nitrogens is 3. The minimum absolute atomic E-state index is 0.0169. The molecule has 1 aliphatic rings. The molecule has 0 aliphatic carbocycles. The summed E-state index contributed by atoms with van der Waals surface area (Å²) in [5.74, 6) is -2.02. The van der Waals surface area contributed by atoms with Gasteiger partial charge in [0.25, 0.3) is 0 Å². The van der Waals surface area contributed by atoms with Crippen molar-refractivity contribution in [2.75, 3.05) is 5.73 Å². The Morgan fingerprint density at radius 3 is 2.95 bits per heavy atom. The van der Waals surface area contributed by atoms with Gasteiger partial charge in [0, 0.05) is 5.92 Å². The summed E-state index contributed by atoms with van der Waals surface area (Å²) in [6.07, 6.45) is 0.343. The van der Waals surface area contributed by atoms with Gasteiger partial charge in [-0.2, -0.15) is 4.98 Å². The van der Waals surface area contributed by atoms with Crippen LogP contribution in [0, 0.1) is 5.82 Å². The summed E-state index contributed by atoms with van der Waals surface area (Å²) in [5.41, 5.74) is 6.31. The molecule has 0 saturated heterocycles. The maximum absolute atomic E-state index is 13.2. The number of aliphatic carboxylic acids is 1. The summed E-state index contributed by atoms with van der Waals surface area (Å²) in [6, 6.07) is 4.40. The van der Waals surface area contributed by atoms with E-state index in [1.54, 1.807) is 6.07 Å². The van der Waals surface area contributed by atoms with Crippen molar-refractivity contribution in [1.29, 1.82) is 0 Å². The summed E-state index contributed by atoms with van der Waals surface area (Å²) >= 11 is 5.79. The molecule has 110 valence electrons. The van der Waals surface area contributed by atoms with Crippen LogP contribution in [0.4, 0.5) is 10.3 Å². The maximum atomic E-state index is 13.2. The van der Waals surface area contributed by atoms with Gasteiger partial charge in [-0.1, -0.05) is 17.7 Å². The molecule has 1 aromatic heterocycles. The summed E-state index contributed by atoms with van der Waals surface area (Å²) in [6.45, 7) is 0.436. The summed E-state index contributed by atoms with van der Waals surface area (Å²) in [5, 5.41) is 13.4. The van der Waals surface area contributed by atoms with Gasteiger partial charge in [-0.3, -0.25) is 4.79 Å². The van der Waals surface area contributed by atoms with E-state index in [-0.39, 0.29) is 16.9 Å². The van der Waals surface area contributed by atoms with Gasteiger partial charge in [-0.15, -0.1) is 5.10 Å². The molecule has 0 saturated carbocycles. The van der Waals surface area contributed by atoms with Crippen LogP contribution in [0.25, 0.3) is 0 Å².